The van der Waals surface area contributed by atoms with E-state index in [-0.39, 0.29) is 43.7 Å². The summed E-state index contributed by atoms with van der Waals surface area (Å²) in [7, 11) is 0. The number of ketones is 1. The van der Waals surface area contributed by atoms with E-state index in [2.05, 4.69) is 4.90 Å². The molecule has 2 fully saturated rings. The average molecular weight is 579 g/mol. The molecule has 6 nitrogen and oxygen atoms in total. The van der Waals surface area contributed by atoms with Crippen molar-refractivity contribution in [2.45, 2.75) is 64.0 Å². The van der Waals surface area contributed by atoms with Gasteiger partial charge in [0, 0.05) is 62.6 Å². The van der Waals surface area contributed by atoms with Crippen molar-refractivity contribution >= 4 is 5.78 Å². The van der Waals surface area contributed by atoms with Gasteiger partial charge < -0.3 is 10.2 Å². The quantitative estimate of drug-likeness (QED) is 0.306. The number of nitrogens with zero attached hydrogens (tertiary/aromatic N) is 3. The third-order valence-corrected chi connectivity index (χ3v) is 8.56. The van der Waals surface area contributed by atoms with Gasteiger partial charge in [0.25, 0.3) is 0 Å². The average Bonchev–Trinajstić information content (AvgIpc) is 3.42. The van der Waals surface area contributed by atoms with E-state index < -0.39 is 36.0 Å². The Hall–Kier alpha value is -2.53. The molecular weight excluding hydrogens is 538 g/mol. The van der Waals surface area contributed by atoms with Crippen LogP contribution >= 0.6 is 0 Å². The zero-order chi connectivity index (χ0) is 29.9. The maximum Gasteiger partial charge on any atom is 0.404 e. The molecule has 10 heteroatoms. The number of alkyl halides is 3. The summed E-state index contributed by atoms with van der Waals surface area (Å²) >= 11 is 0. The Bertz CT molecular complexity index is 1190. The highest BCUT2D eigenvalue weighted by atomic mass is 19.4. The topological polar surface area (TPSA) is 67.2 Å². The maximum atomic E-state index is 14.8. The second-order valence-electron chi connectivity index (χ2n) is 11.4. The zero-order valence-electron chi connectivity index (χ0n) is 23.8. The Morgan fingerprint density at radius 3 is 2.54 bits per heavy atom. The van der Waals surface area contributed by atoms with Crippen molar-refractivity contribution < 1.29 is 32.6 Å². The summed E-state index contributed by atoms with van der Waals surface area (Å²) in [6.45, 7) is 7.26. The van der Waals surface area contributed by atoms with Crippen LogP contribution in [0.3, 0.4) is 0 Å². The minimum absolute atomic E-state index is 0.000375. The van der Waals surface area contributed by atoms with Crippen molar-refractivity contribution in [3.63, 3.8) is 0 Å². The first kappa shape index (κ1) is 31.4. The van der Waals surface area contributed by atoms with Gasteiger partial charge in [-0.3, -0.25) is 19.5 Å². The summed E-state index contributed by atoms with van der Waals surface area (Å²) < 4.78 is 57.3. The Labute approximate surface area is 239 Å². The van der Waals surface area contributed by atoms with E-state index in [1.807, 2.05) is 18.7 Å². The van der Waals surface area contributed by atoms with E-state index in [9.17, 15) is 32.6 Å². The number of rotatable bonds is 10. The Morgan fingerprint density at radius 2 is 1.88 bits per heavy atom. The number of Topliss-reactive ketones (excluding diaryl/α,β-unsaturated/α-hetero) is 1. The smallest absolute Gasteiger partial charge is 0.404 e. The predicted molar refractivity (Wildman–Crippen MR) is 149 cm³/mol. The molecule has 0 spiro atoms. The van der Waals surface area contributed by atoms with Gasteiger partial charge in [0.05, 0.1) is 12.8 Å². The molecule has 2 aromatic rings. The van der Waals surface area contributed by atoms with Crippen molar-refractivity contribution in [1.29, 1.82) is 0 Å². The van der Waals surface area contributed by atoms with Crippen LogP contribution in [0.5, 0.6) is 5.75 Å². The van der Waals surface area contributed by atoms with Crippen LogP contribution in [0, 0.1) is 25.1 Å². The van der Waals surface area contributed by atoms with Gasteiger partial charge in [0.1, 0.15) is 17.6 Å². The fourth-order valence-electron chi connectivity index (χ4n) is 6.36. The normalized spacial score (nSPS) is 24.4. The van der Waals surface area contributed by atoms with E-state index in [0.717, 1.165) is 0 Å². The minimum Gasteiger partial charge on any atom is -0.508 e. The first-order valence-electron chi connectivity index (χ1n) is 14.3. The van der Waals surface area contributed by atoms with E-state index in [0.29, 0.717) is 42.7 Å². The number of piperidine rings is 1. The number of hydrogen-bond acceptors (Lipinski definition) is 6. The van der Waals surface area contributed by atoms with E-state index in [1.165, 1.54) is 23.1 Å². The standard InChI is InChI=1S/C31H40F4N3O3/c1-20(2)36(15-16-39)13-14-37-19-26(30(41)22-7-4-8-23(40)17-22)25(24-9-5-10-27(32)21(24)3)18-29(37)38-12-6-11-28(38)31(33,34)35/h4-5,7-10,17-18,20,25-26,28-29,39-40H,6,11-16,19H2,1-3H3/t25-,26-,28+,29+/m0/s1. The summed E-state index contributed by atoms with van der Waals surface area (Å²) in [5, 5.41) is 19.6. The highest BCUT2D eigenvalue weighted by Crippen LogP contribution is 2.43. The van der Waals surface area contributed by atoms with E-state index >= 15 is 0 Å². The third-order valence-electron chi connectivity index (χ3n) is 8.56. The lowest BCUT2D eigenvalue weighted by Gasteiger charge is -2.49. The highest BCUT2D eigenvalue weighted by molar-refractivity contribution is 5.99. The van der Waals surface area contributed by atoms with Crippen LogP contribution in [0.2, 0.25) is 0 Å². The lowest BCUT2D eigenvalue weighted by atomic mass is 9.74. The molecule has 41 heavy (non-hydrogen) atoms. The number of aliphatic hydroxyl groups excluding tert-OH is 1. The SMILES string of the molecule is Cc1c(F)cccc1[C@@H]1[CH][C@@H](N2CCC[C@@H]2C(F)(F)F)N(CCN(CCO)C(C)C)C[C@@H]1C(=O)c1cccc(O)c1. The van der Waals surface area contributed by atoms with Crippen molar-refractivity contribution in [2.24, 2.45) is 5.92 Å². The maximum absolute atomic E-state index is 14.8. The van der Waals surface area contributed by atoms with Gasteiger partial charge >= 0.3 is 6.18 Å². The molecule has 2 N–H and O–H groups in total. The van der Waals surface area contributed by atoms with Crippen LogP contribution in [0.4, 0.5) is 17.6 Å². The molecule has 2 saturated heterocycles. The number of carbonyl (C=O) groups excluding carboxylic acids is 1. The molecule has 0 saturated carbocycles. The van der Waals surface area contributed by atoms with Crippen molar-refractivity contribution in [3.8, 4) is 5.75 Å². The zero-order valence-corrected chi connectivity index (χ0v) is 23.8. The van der Waals surface area contributed by atoms with Gasteiger partial charge in [-0.05, 0) is 62.9 Å². The summed E-state index contributed by atoms with van der Waals surface area (Å²) in [5.74, 6) is -2.13. The van der Waals surface area contributed by atoms with E-state index in [1.54, 1.807) is 37.6 Å². The van der Waals surface area contributed by atoms with Crippen LogP contribution in [0.15, 0.2) is 42.5 Å². The van der Waals surface area contributed by atoms with Gasteiger partial charge in [-0.25, -0.2) is 4.39 Å². The number of aliphatic hydroxyl groups is 1. The van der Waals surface area contributed by atoms with Crippen LogP contribution < -0.4 is 0 Å². The molecule has 0 bridgehead atoms. The van der Waals surface area contributed by atoms with Crippen LogP contribution in [0.25, 0.3) is 0 Å². The van der Waals surface area contributed by atoms with Gasteiger partial charge in [-0.15, -0.1) is 0 Å². The Balaban J connectivity index is 1.76. The number of benzene rings is 2. The lowest BCUT2D eigenvalue weighted by Crippen LogP contribution is -2.61. The number of hydrogen-bond donors (Lipinski definition) is 2. The number of likely N-dealkylation sites (tertiary alicyclic amines) is 2. The second kappa shape index (κ2) is 13.2. The molecule has 0 amide bonds. The number of phenolic OH excluding ortho intramolecular Hbond substituents is 1. The van der Waals surface area contributed by atoms with Crippen molar-refractivity contribution in [3.05, 3.63) is 71.4 Å². The number of carbonyl (C=O) groups is 1. The van der Waals surface area contributed by atoms with Gasteiger partial charge in [-0.2, -0.15) is 13.2 Å². The summed E-state index contributed by atoms with van der Waals surface area (Å²) in [4.78, 5) is 19.4. The van der Waals surface area contributed by atoms with Crippen LogP contribution in [-0.4, -0.2) is 94.5 Å². The molecule has 2 aromatic carbocycles. The molecule has 225 valence electrons. The molecule has 2 aliphatic heterocycles. The van der Waals surface area contributed by atoms with Crippen molar-refractivity contribution in [2.75, 3.05) is 39.3 Å². The minimum atomic E-state index is -4.41. The number of halogens is 4. The first-order chi connectivity index (χ1) is 19.4. The first-order valence-corrected chi connectivity index (χ1v) is 14.3. The van der Waals surface area contributed by atoms with Gasteiger partial charge in [-0.1, -0.05) is 24.3 Å². The molecule has 4 atom stereocenters. The molecule has 2 aliphatic rings. The Kier molecular flexibility index (Phi) is 10.1. The van der Waals surface area contributed by atoms with Gasteiger partial charge in [0.15, 0.2) is 5.78 Å². The molecule has 4 rings (SSSR count). The summed E-state index contributed by atoms with van der Waals surface area (Å²) in [6.07, 6.45) is -2.94. The molecule has 1 radical (unpaired) electrons. The fourth-order valence-corrected chi connectivity index (χ4v) is 6.36. The fraction of sp³-hybridized carbons (Fsp3) is 0.548. The monoisotopic (exact) mass is 578 g/mol. The molecule has 0 aliphatic carbocycles. The highest BCUT2D eigenvalue weighted by Gasteiger charge is 2.52. The Morgan fingerprint density at radius 1 is 1.15 bits per heavy atom. The molecule has 2 heterocycles. The number of phenols is 1. The molecular formula is C31H40F4N3O3. The summed E-state index contributed by atoms with van der Waals surface area (Å²) in [6, 6.07) is 9.16. The largest absolute Gasteiger partial charge is 0.508 e. The van der Waals surface area contributed by atoms with Crippen LogP contribution in [-0.2, 0) is 0 Å². The molecule has 0 unspecified atom stereocenters. The number of aromatic hydroxyl groups is 1. The van der Waals surface area contributed by atoms with E-state index in [4.69, 9.17) is 0 Å². The van der Waals surface area contributed by atoms with Gasteiger partial charge in [0.2, 0.25) is 0 Å². The van der Waals surface area contributed by atoms with Crippen molar-refractivity contribution in [1.82, 2.24) is 14.7 Å². The third kappa shape index (κ3) is 7.10. The summed E-state index contributed by atoms with van der Waals surface area (Å²) in [5.41, 5.74) is 1.22. The lowest BCUT2D eigenvalue weighted by molar-refractivity contribution is -0.188. The predicted octanol–water partition coefficient (Wildman–Crippen LogP) is 5.00. The van der Waals surface area contributed by atoms with Crippen LogP contribution in [0.1, 0.15) is 54.1 Å². The second-order valence-corrected chi connectivity index (χ2v) is 11.4. The molecule has 0 aromatic heterocycles.